The molecule has 2 aromatic carbocycles. The van der Waals surface area contributed by atoms with Gasteiger partial charge in [-0.05, 0) is 65.5 Å². The third kappa shape index (κ3) is 2.29. The normalized spacial score (nSPS) is 16.8. The summed E-state index contributed by atoms with van der Waals surface area (Å²) in [5.74, 6) is -1.07. The summed E-state index contributed by atoms with van der Waals surface area (Å²) in [5.41, 5.74) is 1.96. The Bertz CT molecular complexity index is 791. The molecule has 0 aromatic heterocycles. The summed E-state index contributed by atoms with van der Waals surface area (Å²) >= 11 is 9.83. The van der Waals surface area contributed by atoms with Gasteiger partial charge in [-0.25, -0.2) is 0 Å². The van der Waals surface area contributed by atoms with Gasteiger partial charge in [-0.15, -0.1) is 0 Å². The third-order valence-corrected chi connectivity index (χ3v) is 6.44. The number of aromatic hydroxyl groups is 4. The Hall–Kier alpha value is -0.960. The van der Waals surface area contributed by atoms with Gasteiger partial charge >= 0.3 is 0 Å². The molecule has 0 saturated heterocycles. The molecule has 3 rings (SSSR count). The molecule has 0 bridgehead atoms. The van der Waals surface area contributed by atoms with Crippen molar-refractivity contribution in [1.82, 2.24) is 0 Å². The second-order valence-electron chi connectivity index (χ2n) is 4.78. The van der Waals surface area contributed by atoms with Crippen molar-refractivity contribution in [3.05, 3.63) is 42.2 Å². The fourth-order valence-corrected chi connectivity index (χ4v) is 4.02. The van der Waals surface area contributed by atoms with E-state index in [0.717, 1.165) is 5.56 Å². The van der Waals surface area contributed by atoms with Crippen molar-refractivity contribution in [3.63, 3.8) is 0 Å². The summed E-state index contributed by atoms with van der Waals surface area (Å²) in [6.45, 7) is 0.248. The Balaban J connectivity index is 2.22. The summed E-state index contributed by atoms with van der Waals surface area (Å²) in [7, 11) is 0. The molecular formula is C14H9Br3O5. The van der Waals surface area contributed by atoms with Crippen molar-refractivity contribution in [2.24, 2.45) is 0 Å². The highest BCUT2D eigenvalue weighted by molar-refractivity contribution is 9.13. The molecule has 1 unspecified atom stereocenters. The van der Waals surface area contributed by atoms with Crippen LogP contribution < -0.4 is 0 Å². The molecule has 5 nitrogen and oxygen atoms in total. The van der Waals surface area contributed by atoms with E-state index >= 15 is 0 Å². The van der Waals surface area contributed by atoms with Crippen LogP contribution in [0.1, 0.15) is 22.8 Å². The van der Waals surface area contributed by atoms with Crippen LogP contribution >= 0.6 is 47.8 Å². The van der Waals surface area contributed by atoms with Gasteiger partial charge in [-0.2, -0.15) is 0 Å². The fourth-order valence-electron chi connectivity index (χ4n) is 2.41. The van der Waals surface area contributed by atoms with Crippen LogP contribution in [0.4, 0.5) is 0 Å². The average Bonchev–Trinajstić information content (AvgIpc) is 2.90. The quantitative estimate of drug-likeness (QED) is 0.439. The topological polar surface area (TPSA) is 90.2 Å². The van der Waals surface area contributed by atoms with E-state index < -0.39 is 6.10 Å². The lowest BCUT2D eigenvalue weighted by molar-refractivity contribution is 0.0928. The summed E-state index contributed by atoms with van der Waals surface area (Å²) in [5, 5.41) is 39.1. The van der Waals surface area contributed by atoms with Crippen LogP contribution in [0.3, 0.4) is 0 Å². The Labute approximate surface area is 150 Å². The Morgan fingerprint density at radius 3 is 2.14 bits per heavy atom. The monoisotopic (exact) mass is 494 g/mol. The van der Waals surface area contributed by atoms with E-state index in [1.807, 2.05) is 0 Å². The number of phenolic OH excluding ortho intramolecular Hbond substituents is 4. The molecule has 0 fully saturated rings. The molecule has 0 amide bonds. The molecule has 0 saturated carbocycles. The molecule has 1 aliphatic rings. The van der Waals surface area contributed by atoms with E-state index in [2.05, 4.69) is 47.8 Å². The van der Waals surface area contributed by atoms with Crippen LogP contribution in [0.2, 0.25) is 0 Å². The predicted molar refractivity (Wildman–Crippen MR) is 89.3 cm³/mol. The van der Waals surface area contributed by atoms with Gasteiger partial charge in [0.25, 0.3) is 0 Å². The lowest BCUT2D eigenvalue weighted by Crippen LogP contribution is -2.01. The summed E-state index contributed by atoms with van der Waals surface area (Å²) < 4.78 is 6.90. The van der Waals surface area contributed by atoms with Gasteiger partial charge in [0.05, 0.1) is 15.6 Å². The SMILES string of the molecule is Oc1cc(C2OCc3cc(O)c(O)c(Br)c32)c(Br)c(Br)c1O. The van der Waals surface area contributed by atoms with Crippen LogP contribution in [-0.4, -0.2) is 20.4 Å². The van der Waals surface area contributed by atoms with Crippen molar-refractivity contribution in [2.75, 3.05) is 0 Å². The molecular weight excluding hydrogens is 488 g/mol. The molecule has 1 aliphatic heterocycles. The molecule has 116 valence electrons. The number of fused-ring (bicyclic) bond motifs is 1. The summed E-state index contributed by atoms with van der Waals surface area (Å²) in [6, 6.07) is 2.83. The molecule has 0 radical (unpaired) electrons. The van der Waals surface area contributed by atoms with Gasteiger partial charge in [0.2, 0.25) is 0 Å². The van der Waals surface area contributed by atoms with E-state index in [-0.39, 0.29) is 29.6 Å². The number of ether oxygens (including phenoxy) is 1. The van der Waals surface area contributed by atoms with Gasteiger partial charge in [0.1, 0.15) is 6.10 Å². The second kappa shape index (κ2) is 5.59. The van der Waals surface area contributed by atoms with Crippen LogP contribution in [-0.2, 0) is 11.3 Å². The first-order valence-corrected chi connectivity index (χ1v) is 8.45. The number of hydrogen-bond donors (Lipinski definition) is 4. The van der Waals surface area contributed by atoms with E-state index in [1.165, 1.54) is 12.1 Å². The molecule has 2 aromatic rings. The first kappa shape index (κ1) is 15.9. The molecule has 0 spiro atoms. The second-order valence-corrected chi connectivity index (χ2v) is 7.16. The fraction of sp³-hybridized carbons (Fsp3) is 0.143. The Kier molecular flexibility index (Phi) is 4.05. The minimum atomic E-state index is -0.576. The lowest BCUT2D eigenvalue weighted by Gasteiger charge is -2.18. The average molecular weight is 497 g/mol. The highest BCUT2D eigenvalue weighted by Gasteiger charge is 2.33. The van der Waals surface area contributed by atoms with Crippen molar-refractivity contribution in [3.8, 4) is 23.0 Å². The molecule has 8 heteroatoms. The molecule has 1 heterocycles. The lowest BCUT2D eigenvalue weighted by atomic mass is 9.98. The molecule has 22 heavy (non-hydrogen) atoms. The van der Waals surface area contributed by atoms with Crippen LogP contribution in [0, 0.1) is 0 Å². The number of hydrogen-bond acceptors (Lipinski definition) is 5. The highest BCUT2D eigenvalue weighted by Crippen LogP contribution is 2.51. The van der Waals surface area contributed by atoms with Crippen molar-refractivity contribution < 1.29 is 25.2 Å². The molecule has 1 atom stereocenters. The van der Waals surface area contributed by atoms with Gasteiger partial charge in [0.15, 0.2) is 23.0 Å². The van der Waals surface area contributed by atoms with E-state index in [4.69, 9.17) is 4.74 Å². The zero-order chi connectivity index (χ0) is 16.2. The van der Waals surface area contributed by atoms with Gasteiger partial charge in [-0.1, -0.05) is 0 Å². The predicted octanol–water partition coefficient (Wildman–Crippen LogP) is 4.42. The van der Waals surface area contributed by atoms with E-state index in [1.54, 1.807) is 0 Å². The van der Waals surface area contributed by atoms with Crippen LogP contribution in [0.15, 0.2) is 25.6 Å². The van der Waals surface area contributed by atoms with E-state index in [9.17, 15) is 20.4 Å². The van der Waals surface area contributed by atoms with Crippen molar-refractivity contribution in [2.45, 2.75) is 12.7 Å². The smallest absolute Gasteiger partial charge is 0.173 e. The van der Waals surface area contributed by atoms with Gasteiger partial charge < -0.3 is 25.2 Å². The van der Waals surface area contributed by atoms with E-state index in [0.29, 0.717) is 24.5 Å². The minimum Gasteiger partial charge on any atom is -0.504 e. The molecule has 4 N–H and O–H groups in total. The number of rotatable bonds is 1. The Morgan fingerprint density at radius 1 is 0.864 bits per heavy atom. The first-order chi connectivity index (χ1) is 10.3. The van der Waals surface area contributed by atoms with Crippen LogP contribution in [0.25, 0.3) is 0 Å². The van der Waals surface area contributed by atoms with Gasteiger partial charge in [0, 0.05) is 15.6 Å². The number of benzene rings is 2. The third-order valence-electron chi connectivity index (χ3n) is 3.48. The zero-order valence-corrected chi connectivity index (χ0v) is 15.5. The zero-order valence-electron chi connectivity index (χ0n) is 10.8. The first-order valence-electron chi connectivity index (χ1n) is 6.07. The summed E-state index contributed by atoms with van der Waals surface area (Å²) in [4.78, 5) is 0. The molecule has 0 aliphatic carbocycles. The summed E-state index contributed by atoms with van der Waals surface area (Å²) in [6.07, 6.45) is -0.576. The van der Waals surface area contributed by atoms with Crippen LogP contribution in [0.5, 0.6) is 23.0 Å². The maximum atomic E-state index is 9.89. The largest absolute Gasteiger partial charge is 0.504 e. The van der Waals surface area contributed by atoms with Crippen molar-refractivity contribution >= 4 is 47.8 Å². The maximum Gasteiger partial charge on any atom is 0.173 e. The minimum absolute atomic E-state index is 0.233. The number of halogens is 3. The number of phenols is 4. The Morgan fingerprint density at radius 2 is 1.45 bits per heavy atom. The standard InChI is InChI=1S/C14H9Br3O5/c15-9-5(2-7(19)13(21)11(9)17)14-8-4(3-22-14)1-6(18)12(20)10(8)16/h1-2,14,18-21H,3H2. The van der Waals surface area contributed by atoms with Crippen molar-refractivity contribution in [1.29, 1.82) is 0 Å². The van der Waals surface area contributed by atoms with Gasteiger partial charge in [-0.3, -0.25) is 0 Å². The maximum absolute atomic E-state index is 9.89. The highest BCUT2D eigenvalue weighted by atomic mass is 79.9.